The molecule has 0 fully saturated rings. The van der Waals surface area contributed by atoms with Crippen LogP contribution in [0.1, 0.15) is 25.6 Å². The third-order valence-corrected chi connectivity index (χ3v) is 1.86. The van der Waals surface area contributed by atoms with Gasteiger partial charge in [-0.15, -0.1) is 0 Å². The molecule has 1 heterocycles. The van der Waals surface area contributed by atoms with Crippen LogP contribution in [0.4, 0.5) is 0 Å². The molecule has 0 aliphatic rings. The number of ether oxygens (including phenoxy) is 2. The van der Waals surface area contributed by atoms with Gasteiger partial charge in [-0.3, -0.25) is 0 Å². The maximum absolute atomic E-state index is 5.37. The topological polar surface area (TPSA) is 69.4 Å². The van der Waals surface area contributed by atoms with Gasteiger partial charge >= 0.3 is 0 Å². The van der Waals surface area contributed by atoms with Crippen molar-refractivity contribution in [3.8, 4) is 0 Å². The second kappa shape index (κ2) is 7.32. The molecule has 0 unspecified atom stereocenters. The summed E-state index contributed by atoms with van der Waals surface area (Å²) in [4.78, 5) is 4.08. The number of rotatable bonds is 8. The Balaban J connectivity index is 2.21. The van der Waals surface area contributed by atoms with Gasteiger partial charge in [-0.1, -0.05) is 5.16 Å². The Labute approximate surface area is 95.3 Å². The van der Waals surface area contributed by atoms with Crippen LogP contribution in [0.25, 0.3) is 0 Å². The highest BCUT2D eigenvalue weighted by molar-refractivity contribution is 4.81. The van der Waals surface area contributed by atoms with Crippen LogP contribution in [0, 0.1) is 6.92 Å². The summed E-state index contributed by atoms with van der Waals surface area (Å²) in [7, 11) is 0. The van der Waals surface area contributed by atoms with Crippen molar-refractivity contribution in [3.63, 3.8) is 0 Å². The Bertz CT molecular complexity index is 285. The van der Waals surface area contributed by atoms with Crippen LogP contribution in [0.2, 0.25) is 0 Å². The minimum absolute atomic E-state index is 0.223. The van der Waals surface area contributed by atoms with E-state index in [4.69, 9.17) is 14.0 Å². The molecule has 6 nitrogen and oxygen atoms in total. The van der Waals surface area contributed by atoms with E-state index >= 15 is 0 Å². The number of aryl methyl sites for hydroxylation is 1. The molecule has 6 heteroatoms. The lowest BCUT2D eigenvalue weighted by atomic mass is 10.5. The Kier molecular flexibility index (Phi) is 5.99. The van der Waals surface area contributed by atoms with E-state index in [0.717, 1.165) is 0 Å². The molecular weight excluding hydrogens is 210 g/mol. The van der Waals surface area contributed by atoms with E-state index in [1.165, 1.54) is 0 Å². The van der Waals surface area contributed by atoms with Gasteiger partial charge in [0.2, 0.25) is 5.89 Å². The van der Waals surface area contributed by atoms with Crippen LogP contribution in [0.15, 0.2) is 4.52 Å². The van der Waals surface area contributed by atoms with Crippen molar-refractivity contribution in [2.75, 3.05) is 19.8 Å². The van der Waals surface area contributed by atoms with E-state index in [9.17, 15) is 0 Å². The molecule has 0 bridgehead atoms. The van der Waals surface area contributed by atoms with E-state index < -0.39 is 0 Å². The molecule has 1 aromatic rings. The number of hydrogen-bond acceptors (Lipinski definition) is 6. The fourth-order valence-electron chi connectivity index (χ4n) is 1.25. The van der Waals surface area contributed by atoms with E-state index in [1.54, 1.807) is 6.92 Å². The minimum Gasteiger partial charge on any atom is -0.352 e. The predicted octanol–water partition coefficient (Wildman–Crippen LogP) is 0.867. The Morgan fingerprint density at radius 2 is 2.00 bits per heavy atom. The molecule has 0 spiro atoms. The summed E-state index contributed by atoms with van der Waals surface area (Å²) < 4.78 is 15.7. The van der Waals surface area contributed by atoms with Crippen molar-refractivity contribution in [3.05, 3.63) is 11.7 Å². The summed E-state index contributed by atoms with van der Waals surface area (Å²) in [6, 6.07) is 0. The van der Waals surface area contributed by atoms with Crippen LogP contribution in [-0.2, 0) is 16.0 Å². The summed E-state index contributed by atoms with van der Waals surface area (Å²) in [5, 5.41) is 6.84. The quantitative estimate of drug-likeness (QED) is 0.667. The lowest BCUT2D eigenvalue weighted by molar-refractivity contribution is -0.133. The first kappa shape index (κ1) is 13.1. The Hall–Kier alpha value is -0.980. The van der Waals surface area contributed by atoms with Crippen molar-refractivity contribution in [2.45, 2.75) is 33.6 Å². The minimum atomic E-state index is -0.223. The standard InChI is InChI=1S/C10H19N3O3/c1-4-14-10(15-5-2)7-11-6-9-12-8(3)13-16-9/h10-11H,4-7H2,1-3H3. The van der Waals surface area contributed by atoms with Gasteiger partial charge in [0.05, 0.1) is 6.54 Å². The third-order valence-electron chi connectivity index (χ3n) is 1.86. The molecule has 92 valence electrons. The highest BCUT2D eigenvalue weighted by Gasteiger charge is 2.08. The van der Waals surface area contributed by atoms with Crippen molar-refractivity contribution in [1.82, 2.24) is 15.5 Å². The normalized spacial score (nSPS) is 11.2. The molecule has 0 atom stereocenters. The zero-order valence-corrected chi connectivity index (χ0v) is 10.0. The SMILES string of the molecule is CCOC(CNCc1nc(C)no1)OCC. The van der Waals surface area contributed by atoms with Crippen LogP contribution in [0.5, 0.6) is 0 Å². The molecule has 0 saturated heterocycles. The Morgan fingerprint density at radius 1 is 1.31 bits per heavy atom. The zero-order chi connectivity index (χ0) is 11.8. The second-order valence-electron chi connectivity index (χ2n) is 3.21. The lowest BCUT2D eigenvalue weighted by Gasteiger charge is -2.16. The monoisotopic (exact) mass is 229 g/mol. The third kappa shape index (κ3) is 4.69. The number of nitrogens with one attached hydrogen (secondary N) is 1. The predicted molar refractivity (Wildman–Crippen MR) is 57.8 cm³/mol. The van der Waals surface area contributed by atoms with Crippen LogP contribution in [0.3, 0.4) is 0 Å². The summed E-state index contributed by atoms with van der Waals surface area (Å²) in [5.74, 6) is 1.22. The average molecular weight is 229 g/mol. The molecule has 1 rings (SSSR count). The summed E-state index contributed by atoms with van der Waals surface area (Å²) in [6.45, 7) is 8.05. The van der Waals surface area contributed by atoms with Gasteiger partial charge in [-0.05, 0) is 20.8 Å². The molecule has 0 aliphatic carbocycles. The van der Waals surface area contributed by atoms with E-state index in [0.29, 0.717) is 38.0 Å². The molecule has 0 aromatic carbocycles. The van der Waals surface area contributed by atoms with Gasteiger partial charge in [0.1, 0.15) is 0 Å². The van der Waals surface area contributed by atoms with E-state index in [2.05, 4.69) is 15.5 Å². The van der Waals surface area contributed by atoms with Crippen LogP contribution >= 0.6 is 0 Å². The number of aromatic nitrogens is 2. The second-order valence-corrected chi connectivity index (χ2v) is 3.21. The largest absolute Gasteiger partial charge is 0.352 e. The molecule has 1 aromatic heterocycles. The first-order chi connectivity index (χ1) is 7.76. The fourth-order valence-corrected chi connectivity index (χ4v) is 1.25. The molecule has 0 amide bonds. The van der Waals surface area contributed by atoms with Gasteiger partial charge in [0.25, 0.3) is 0 Å². The zero-order valence-electron chi connectivity index (χ0n) is 10.0. The van der Waals surface area contributed by atoms with Crippen LogP contribution in [-0.4, -0.2) is 36.2 Å². The molecule has 1 N–H and O–H groups in total. The van der Waals surface area contributed by atoms with E-state index in [1.807, 2.05) is 13.8 Å². The number of nitrogens with zero attached hydrogens (tertiary/aromatic N) is 2. The fraction of sp³-hybridized carbons (Fsp3) is 0.800. The average Bonchev–Trinajstić information content (AvgIpc) is 2.65. The number of hydrogen-bond donors (Lipinski definition) is 1. The molecule has 0 aliphatic heterocycles. The van der Waals surface area contributed by atoms with Crippen molar-refractivity contribution >= 4 is 0 Å². The highest BCUT2D eigenvalue weighted by atomic mass is 16.7. The highest BCUT2D eigenvalue weighted by Crippen LogP contribution is 1.97. The van der Waals surface area contributed by atoms with Gasteiger partial charge in [0, 0.05) is 19.8 Å². The van der Waals surface area contributed by atoms with Gasteiger partial charge in [0.15, 0.2) is 12.1 Å². The van der Waals surface area contributed by atoms with Gasteiger partial charge in [-0.2, -0.15) is 4.98 Å². The molecule has 0 radical (unpaired) electrons. The lowest BCUT2D eigenvalue weighted by Crippen LogP contribution is -2.31. The van der Waals surface area contributed by atoms with Crippen molar-refractivity contribution in [1.29, 1.82) is 0 Å². The van der Waals surface area contributed by atoms with Gasteiger partial charge < -0.3 is 19.3 Å². The summed E-state index contributed by atoms with van der Waals surface area (Å²) in [6.07, 6.45) is -0.223. The van der Waals surface area contributed by atoms with Crippen molar-refractivity contribution < 1.29 is 14.0 Å². The maximum atomic E-state index is 5.37. The first-order valence-electron chi connectivity index (χ1n) is 5.49. The molecule has 0 saturated carbocycles. The van der Waals surface area contributed by atoms with Crippen LogP contribution < -0.4 is 5.32 Å². The van der Waals surface area contributed by atoms with E-state index in [-0.39, 0.29) is 6.29 Å². The van der Waals surface area contributed by atoms with Gasteiger partial charge in [-0.25, -0.2) is 0 Å². The van der Waals surface area contributed by atoms with Crippen molar-refractivity contribution in [2.24, 2.45) is 0 Å². The molecular formula is C10H19N3O3. The smallest absolute Gasteiger partial charge is 0.240 e. The first-order valence-corrected chi connectivity index (χ1v) is 5.49. The maximum Gasteiger partial charge on any atom is 0.240 e. The Morgan fingerprint density at radius 3 is 2.50 bits per heavy atom. The summed E-state index contributed by atoms with van der Waals surface area (Å²) >= 11 is 0. The molecule has 16 heavy (non-hydrogen) atoms. The summed E-state index contributed by atoms with van der Waals surface area (Å²) in [5.41, 5.74) is 0.